The summed E-state index contributed by atoms with van der Waals surface area (Å²) < 4.78 is 11.1. The van der Waals surface area contributed by atoms with Crippen molar-refractivity contribution in [1.82, 2.24) is 5.43 Å². The van der Waals surface area contributed by atoms with Crippen LogP contribution in [0.5, 0.6) is 11.5 Å². The first-order chi connectivity index (χ1) is 10.3. The number of carbonyl (C=O) groups excluding carboxylic acids is 1. The van der Waals surface area contributed by atoms with Crippen LogP contribution in [-0.4, -0.2) is 24.8 Å². The number of benzene rings is 2. The van der Waals surface area contributed by atoms with Gasteiger partial charge in [0.2, 0.25) is 6.10 Å². The summed E-state index contributed by atoms with van der Waals surface area (Å²) in [7, 11) is 0. The maximum absolute atomic E-state index is 12.0. The van der Waals surface area contributed by atoms with Crippen molar-refractivity contribution in [2.45, 2.75) is 6.10 Å². The second-order valence-corrected chi connectivity index (χ2v) is 4.51. The fraction of sp³-hybridized carbons (Fsp3) is 0.125. The molecule has 0 saturated carbocycles. The average Bonchev–Trinajstić information content (AvgIpc) is 2.55. The smallest absolute Gasteiger partial charge is 0.284 e. The number of nitrogens with one attached hydrogen (secondary N) is 1. The van der Waals surface area contributed by atoms with Crippen LogP contribution in [0.1, 0.15) is 5.56 Å². The standard InChI is InChI=1S/C16H14N2O3/c19-16(18-17-10-12-6-2-1-3-7-12)15-11-20-13-8-4-5-9-14(13)21-15/h1-10,15H,11H2,(H,18,19)/b17-10+. The highest BCUT2D eigenvalue weighted by Crippen LogP contribution is 2.30. The van der Waals surface area contributed by atoms with Crippen LogP contribution in [0.2, 0.25) is 0 Å². The van der Waals surface area contributed by atoms with Crippen LogP contribution in [0, 0.1) is 0 Å². The van der Waals surface area contributed by atoms with Crippen molar-refractivity contribution in [3.8, 4) is 11.5 Å². The lowest BCUT2D eigenvalue weighted by atomic mass is 10.2. The Labute approximate surface area is 122 Å². The third-order valence-electron chi connectivity index (χ3n) is 2.99. The van der Waals surface area contributed by atoms with Crippen molar-refractivity contribution < 1.29 is 14.3 Å². The number of carbonyl (C=O) groups is 1. The van der Waals surface area contributed by atoms with Gasteiger partial charge in [0.1, 0.15) is 6.61 Å². The van der Waals surface area contributed by atoms with Crippen molar-refractivity contribution in [3.63, 3.8) is 0 Å². The molecule has 1 unspecified atom stereocenters. The maximum Gasteiger partial charge on any atom is 0.284 e. The second kappa shape index (κ2) is 6.09. The molecule has 0 spiro atoms. The fourth-order valence-electron chi connectivity index (χ4n) is 1.93. The van der Waals surface area contributed by atoms with E-state index >= 15 is 0 Å². The van der Waals surface area contributed by atoms with Crippen molar-refractivity contribution in [3.05, 3.63) is 60.2 Å². The van der Waals surface area contributed by atoms with E-state index in [1.165, 1.54) is 0 Å². The van der Waals surface area contributed by atoms with E-state index in [2.05, 4.69) is 10.5 Å². The van der Waals surface area contributed by atoms with E-state index < -0.39 is 6.10 Å². The van der Waals surface area contributed by atoms with Crippen molar-refractivity contribution in [2.75, 3.05) is 6.61 Å². The molecule has 1 atom stereocenters. The first-order valence-corrected chi connectivity index (χ1v) is 6.59. The highest BCUT2D eigenvalue weighted by Gasteiger charge is 2.26. The molecule has 106 valence electrons. The van der Waals surface area contributed by atoms with Gasteiger partial charge in [-0.3, -0.25) is 4.79 Å². The van der Waals surface area contributed by atoms with Crippen molar-refractivity contribution in [2.24, 2.45) is 5.10 Å². The van der Waals surface area contributed by atoms with Crippen LogP contribution in [0.25, 0.3) is 0 Å². The van der Waals surface area contributed by atoms with Gasteiger partial charge < -0.3 is 9.47 Å². The first-order valence-electron chi connectivity index (χ1n) is 6.59. The molecule has 0 fully saturated rings. The number of nitrogens with zero attached hydrogens (tertiary/aromatic N) is 1. The number of amides is 1. The van der Waals surface area contributed by atoms with Crippen LogP contribution >= 0.6 is 0 Å². The molecule has 1 heterocycles. The lowest BCUT2D eigenvalue weighted by Crippen LogP contribution is -2.42. The summed E-state index contributed by atoms with van der Waals surface area (Å²) in [6.45, 7) is 0.170. The summed E-state index contributed by atoms with van der Waals surface area (Å²) in [5, 5.41) is 3.91. The average molecular weight is 282 g/mol. The third kappa shape index (κ3) is 3.20. The van der Waals surface area contributed by atoms with Crippen molar-refractivity contribution >= 4 is 12.1 Å². The molecular weight excluding hydrogens is 268 g/mol. The maximum atomic E-state index is 12.0. The lowest BCUT2D eigenvalue weighted by Gasteiger charge is -2.24. The predicted molar refractivity (Wildman–Crippen MR) is 78.5 cm³/mol. The number of rotatable bonds is 3. The SMILES string of the molecule is O=C(N/N=C/c1ccccc1)C1COc2ccccc2O1. The zero-order valence-corrected chi connectivity index (χ0v) is 11.2. The van der Waals surface area contributed by atoms with Crippen molar-refractivity contribution in [1.29, 1.82) is 0 Å². The summed E-state index contributed by atoms with van der Waals surface area (Å²) in [5.74, 6) is 0.877. The van der Waals surface area contributed by atoms with E-state index in [1.54, 1.807) is 18.3 Å². The van der Waals surface area contributed by atoms with Gasteiger partial charge in [-0.25, -0.2) is 5.43 Å². The molecule has 0 bridgehead atoms. The number of hydrogen-bond acceptors (Lipinski definition) is 4. The predicted octanol–water partition coefficient (Wildman–Crippen LogP) is 1.98. The molecule has 0 aromatic heterocycles. The molecule has 1 N–H and O–H groups in total. The molecule has 1 aliphatic heterocycles. The Morgan fingerprint density at radius 2 is 1.81 bits per heavy atom. The van der Waals surface area contributed by atoms with Gasteiger partial charge in [-0.05, 0) is 17.7 Å². The molecule has 0 saturated heterocycles. The Bertz CT molecular complexity index is 656. The molecule has 5 nitrogen and oxygen atoms in total. The lowest BCUT2D eigenvalue weighted by molar-refractivity contribution is -0.130. The largest absolute Gasteiger partial charge is 0.485 e. The van der Waals surface area contributed by atoms with E-state index in [0.29, 0.717) is 11.5 Å². The monoisotopic (exact) mass is 282 g/mol. The molecule has 21 heavy (non-hydrogen) atoms. The van der Waals surface area contributed by atoms with E-state index in [0.717, 1.165) is 5.56 Å². The minimum absolute atomic E-state index is 0.170. The molecule has 0 aliphatic carbocycles. The van der Waals surface area contributed by atoms with Gasteiger partial charge >= 0.3 is 0 Å². The van der Waals surface area contributed by atoms with Gasteiger partial charge in [0.25, 0.3) is 5.91 Å². The Balaban J connectivity index is 1.59. The van der Waals surface area contributed by atoms with Crippen LogP contribution in [0.15, 0.2) is 59.7 Å². The van der Waals surface area contributed by atoms with Crippen LogP contribution < -0.4 is 14.9 Å². The summed E-state index contributed by atoms with van der Waals surface area (Å²) in [6.07, 6.45) is 0.878. The summed E-state index contributed by atoms with van der Waals surface area (Å²) >= 11 is 0. The van der Waals surface area contributed by atoms with E-state index in [-0.39, 0.29) is 12.5 Å². The minimum atomic E-state index is -0.701. The number of para-hydroxylation sites is 2. The molecule has 0 radical (unpaired) electrons. The second-order valence-electron chi connectivity index (χ2n) is 4.51. The van der Waals surface area contributed by atoms with Crippen LogP contribution in [0.4, 0.5) is 0 Å². The summed E-state index contributed by atoms with van der Waals surface area (Å²) in [4.78, 5) is 12.0. The van der Waals surface area contributed by atoms with E-state index in [9.17, 15) is 4.79 Å². The summed E-state index contributed by atoms with van der Waals surface area (Å²) in [5.41, 5.74) is 3.36. The normalized spacial score (nSPS) is 16.7. The summed E-state index contributed by atoms with van der Waals surface area (Å²) in [6, 6.07) is 16.8. The number of fused-ring (bicyclic) bond motifs is 1. The van der Waals surface area contributed by atoms with Gasteiger partial charge in [0.15, 0.2) is 11.5 Å². The zero-order chi connectivity index (χ0) is 14.5. The van der Waals surface area contributed by atoms with E-state index in [1.807, 2.05) is 42.5 Å². The Kier molecular flexibility index (Phi) is 3.82. The van der Waals surface area contributed by atoms with Gasteiger partial charge in [-0.2, -0.15) is 5.10 Å². The van der Waals surface area contributed by atoms with Crippen LogP contribution in [-0.2, 0) is 4.79 Å². The Morgan fingerprint density at radius 1 is 1.10 bits per heavy atom. The number of hydrogen-bond donors (Lipinski definition) is 1. The first kappa shape index (κ1) is 13.2. The molecule has 1 amide bonds. The third-order valence-corrected chi connectivity index (χ3v) is 2.99. The quantitative estimate of drug-likeness (QED) is 0.691. The number of ether oxygens (including phenoxy) is 2. The Hall–Kier alpha value is -2.82. The molecule has 2 aromatic carbocycles. The highest BCUT2D eigenvalue weighted by atomic mass is 16.6. The van der Waals surface area contributed by atoms with E-state index in [4.69, 9.17) is 9.47 Å². The highest BCUT2D eigenvalue weighted by molar-refractivity contribution is 5.84. The zero-order valence-electron chi connectivity index (χ0n) is 11.2. The van der Waals surface area contributed by atoms with Gasteiger partial charge in [-0.1, -0.05) is 42.5 Å². The number of hydrazone groups is 1. The Morgan fingerprint density at radius 3 is 2.62 bits per heavy atom. The minimum Gasteiger partial charge on any atom is -0.485 e. The van der Waals surface area contributed by atoms with Gasteiger partial charge in [0.05, 0.1) is 6.21 Å². The molecule has 3 rings (SSSR count). The topological polar surface area (TPSA) is 59.9 Å². The van der Waals surface area contributed by atoms with Gasteiger partial charge in [-0.15, -0.1) is 0 Å². The molecule has 1 aliphatic rings. The fourth-order valence-corrected chi connectivity index (χ4v) is 1.93. The molecule has 2 aromatic rings. The molecule has 5 heteroatoms. The van der Waals surface area contributed by atoms with Crippen LogP contribution in [0.3, 0.4) is 0 Å². The molecular formula is C16H14N2O3. The van der Waals surface area contributed by atoms with Gasteiger partial charge in [0, 0.05) is 0 Å².